The maximum Gasteiger partial charge on any atom is 0.286 e. The Balaban J connectivity index is 1.44. The Morgan fingerprint density at radius 3 is 2.67 bits per heavy atom. The minimum Gasteiger partial charge on any atom is -0.378 e. The van der Waals surface area contributed by atoms with Crippen LogP contribution in [-0.2, 0) is 11.3 Å². The summed E-state index contributed by atoms with van der Waals surface area (Å²) < 4.78 is 5.34. The van der Waals surface area contributed by atoms with Crippen LogP contribution >= 0.6 is 0 Å². The summed E-state index contributed by atoms with van der Waals surface area (Å²) in [5, 5.41) is 14.5. The van der Waals surface area contributed by atoms with E-state index in [0.29, 0.717) is 24.9 Å². The van der Waals surface area contributed by atoms with Gasteiger partial charge < -0.3 is 9.64 Å². The van der Waals surface area contributed by atoms with Gasteiger partial charge in [-0.3, -0.25) is 15.2 Å². The zero-order valence-corrected chi connectivity index (χ0v) is 15.1. The number of hydrogen-bond acceptors (Lipinski definition) is 9. The minimum absolute atomic E-state index is 0.230. The van der Waals surface area contributed by atoms with E-state index in [0.717, 1.165) is 39.0 Å². The van der Waals surface area contributed by atoms with Crippen molar-refractivity contribution in [2.45, 2.75) is 25.8 Å². The lowest BCUT2D eigenvalue weighted by atomic mass is 10.2. The molecule has 0 spiro atoms. The highest BCUT2D eigenvalue weighted by atomic mass is 16.5. The number of nitrogens with zero attached hydrogens (tertiary/aromatic N) is 8. The Bertz CT molecular complexity index is 769. The summed E-state index contributed by atoms with van der Waals surface area (Å²) in [5.41, 5.74) is 3.72. The molecule has 2 aliphatic heterocycles. The van der Waals surface area contributed by atoms with Crippen LogP contribution in [0.5, 0.6) is 0 Å². The summed E-state index contributed by atoms with van der Waals surface area (Å²) in [6.07, 6.45) is 6.45. The van der Waals surface area contributed by atoms with Crippen molar-refractivity contribution in [2.24, 2.45) is 0 Å². The molecule has 0 aliphatic carbocycles. The van der Waals surface area contributed by atoms with Crippen molar-refractivity contribution < 1.29 is 9.53 Å². The first-order valence-corrected chi connectivity index (χ1v) is 9.26. The molecule has 1 amide bonds. The number of nitrogens with one attached hydrogen (secondary N) is 1. The van der Waals surface area contributed by atoms with E-state index in [1.54, 1.807) is 6.20 Å². The average Bonchev–Trinajstić information content (AvgIpc) is 3.18. The number of hydrogen-bond donors (Lipinski definition) is 1. The second-order valence-electron chi connectivity index (χ2n) is 6.56. The smallest absolute Gasteiger partial charge is 0.286 e. The molecule has 11 heteroatoms. The SMILES string of the molecule is O=C(NN1CCCCC1)c1nccnc1Cn1nnc(N2CCOCC2)n1. The molecular formula is C16H23N9O2. The van der Waals surface area contributed by atoms with Gasteiger partial charge in [0.25, 0.3) is 11.9 Å². The number of morpholine rings is 1. The summed E-state index contributed by atoms with van der Waals surface area (Å²) in [6, 6.07) is 0. The van der Waals surface area contributed by atoms with E-state index in [-0.39, 0.29) is 18.1 Å². The molecule has 0 saturated carbocycles. The van der Waals surface area contributed by atoms with Gasteiger partial charge in [-0.15, -0.1) is 5.10 Å². The van der Waals surface area contributed by atoms with Crippen LogP contribution in [0.15, 0.2) is 12.4 Å². The van der Waals surface area contributed by atoms with Crippen LogP contribution in [0.2, 0.25) is 0 Å². The fourth-order valence-electron chi connectivity index (χ4n) is 3.20. The minimum atomic E-state index is -0.256. The van der Waals surface area contributed by atoms with Crippen LogP contribution in [-0.4, -0.2) is 80.5 Å². The lowest BCUT2D eigenvalue weighted by Gasteiger charge is -2.26. The van der Waals surface area contributed by atoms with Crippen molar-refractivity contribution in [3.05, 3.63) is 23.8 Å². The molecular weight excluding hydrogens is 350 g/mol. The second-order valence-corrected chi connectivity index (χ2v) is 6.56. The van der Waals surface area contributed by atoms with Gasteiger partial charge in [-0.2, -0.15) is 4.80 Å². The van der Waals surface area contributed by atoms with Crippen molar-refractivity contribution in [3.63, 3.8) is 0 Å². The van der Waals surface area contributed by atoms with E-state index in [4.69, 9.17) is 4.74 Å². The lowest BCUT2D eigenvalue weighted by Crippen LogP contribution is -2.45. The summed E-state index contributed by atoms with van der Waals surface area (Å²) >= 11 is 0. The molecule has 27 heavy (non-hydrogen) atoms. The molecule has 2 aromatic rings. The molecule has 0 radical (unpaired) electrons. The van der Waals surface area contributed by atoms with Gasteiger partial charge in [0.1, 0.15) is 6.54 Å². The molecule has 4 heterocycles. The highest BCUT2D eigenvalue weighted by Gasteiger charge is 2.20. The summed E-state index contributed by atoms with van der Waals surface area (Å²) in [5.74, 6) is 0.301. The first kappa shape index (κ1) is 17.7. The summed E-state index contributed by atoms with van der Waals surface area (Å²) in [6.45, 7) is 4.72. The number of carbonyl (C=O) groups is 1. The fourth-order valence-corrected chi connectivity index (χ4v) is 3.20. The van der Waals surface area contributed by atoms with Crippen LogP contribution in [0.4, 0.5) is 5.95 Å². The van der Waals surface area contributed by atoms with Crippen LogP contribution < -0.4 is 10.3 Å². The van der Waals surface area contributed by atoms with Crippen molar-refractivity contribution in [1.82, 2.24) is 40.6 Å². The maximum absolute atomic E-state index is 12.6. The maximum atomic E-state index is 12.6. The molecule has 1 N–H and O–H groups in total. The topological polar surface area (TPSA) is 114 Å². The number of carbonyl (C=O) groups excluding carboxylic acids is 1. The van der Waals surface area contributed by atoms with E-state index >= 15 is 0 Å². The van der Waals surface area contributed by atoms with Gasteiger partial charge in [0.05, 0.1) is 18.9 Å². The van der Waals surface area contributed by atoms with Crippen LogP contribution in [0, 0.1) is 0 Å². The number of amides is 1. The average molecular weight is 373 g/mol. The van der Waals surface area contributed by atoms with Gasteiger partial charge >= 0.3 is 0 Å². The Morgan fingerprint density at radius 2 is 1.85 bits per heavy atom. The van der Waals surface area contributed by atoms with E-state index in [2.05, 4.69) is 30.8 Å². The zero-order chi connectivity index (χ0) is 18.5. The highest BCUT2D eigenvalue weighted by molar-refractivity contribution is 5.92. The molecule has 11 nitrogen and oxygen atoms in total. The number of aromatic nitrogens is 6. The molecule has 0 unspecified atom stereocenters. The molecule has 2 fully saturated rings. The highest BCUT2D eigenvalue weighted by Crippen LogP contribution is 2.10. The van der Waals surface area contributed by atoms with Gasteiger partial charge in [0.15, 0.2) is 5.69 Å². The van der Waals surface area contributed by atoms with E-state index in [1.807, 2.05) is 9.91 Å². The van der Waals surface area contributed by atoms with E-state index in [9.17, 15) is 4.79 Å². The van der Waals surface area contributed by atoms with E-state index in [1.165, 1.54) is 17.4 Å². The molecule has 0 bridgehead atoms. The van der Waals surface area contributed by atoms with Gasteiger partial charge in [-0.05, 0) is 18.1 Å². The summed E-state index contributed by atoms with van der Waals surface area (Å²) in [4.78, 5) is 24.6. The van der Waals surface area contributed by atoms with Crippen LogP contribution in [0.25, 0.3) is 0 Å². The molecule has 4 rings (SSSR count). The van der Waals surface area contributed by atoms with Crippen molar-refractivity contribution in [1.29, 1.82) is 0 Å². The van der Waals surface area contributed by atoms with Crippen molar-refractivity contribution in [2.75, 3.05) is 44.3 Å². The van der Waals surface area contributed by atoms with Gasteiger partial charge in [-0.1, -0.05) is 11.5 Å². The number of ether oxygens (including phenoxy) is 1. The predicted octanol–water partition coefficient (Wildman–Crippen LogP) is -0.521. The third kappa shape index (κ3) is 4.37. The normalized spacial score (nSPS) is 18.4. The number of piperidine rings is 1. The lowest BCUT2D eigenvalue weighted by molar-refractivity contribution is 0.0743. The number of tetrazole rings is 1. The number of rotatable bonds is 5. The third-order valence-electron chi connectivity index (χ3n) is 4.63. The molecule has 2 aliphatic rings. The van der Waals surface area contributed by atoms with Gasteiger partial charge in [0, 0.05) is 38.6 Å². The first-order chi connectivity index (χ1) is 13.3. The summed E-state index contributed by atoms with van der Waals surface area (Å²) in [7, 11) is 0. The molecule has 0 atom stereocenters. The monoisotopic (exact) mass is 373 g/mol. The van der Waals surface area contributed by atoms with Gasteiger partial charge in [0.2, 0.25) is 0 Å². The van der Waals surface area contributed by atoms with Crippen molar-refractivity contribution >= 4 is 11.9 Å². The Morgan fingerprint density at radius 1 is 1.07 bits per heavy atom. The Kier molecular flexibility index (Phi) is 5.49. The number of anilines is 1. The second kappa shape index (κ2) is 8.35. The fraction of sp³-hybridized carbons (Fsp3) is 0.625. The molecule has 0 aromatic carbocycles. The largest absolute Gasteiger partial charge is 0.378 e. The quantitative estimate of drug-likeness (QED) is 0.739. The predicted molar refractivity (Wildman–Crippen MR) is 94.9 cm³/mol. The first-order valence-electron chi connectivity index (χ1n) is 9.26. The van der Waals surface area contributed by atoms with Crippen LogP contribution in [0.1, 0.15) is 35.4 Å². The molecule has 2 aromatic heterocycles. The van der Waals surface area contributed by atoms with Crippen molar-refractivity contribution in [3.8, 4) is 0 Å². The van der Waals surface area contributed by atoms with Gasteiger partial charge in [-0.25, -0.2) is 9.99 Å². The Labute approximate surface area is 156 Å². The Hall–Kier alpha value is -2.66. The van der Waals surface area contributed by atoms with Crippen LogP contribution in [0.3, 0.4) is 0 Å². The molecule has 144 valence electrons. The van der Waals surface area contributed by atoms with E-state index < -0.39 is 0 Å². The molecule has 2 saturated heterocycles. The zero-order valence-electron chi connectivity index (χ0n) is 15.1. The third-order valence-corrected chi connectivity index (χ3v) is 4.63. The number of hydrazine groups is 1. The standard InChI is InChI=1S/C16H23N9O2/c26-15(20-24-6-2-1-3-7-24)14-13(17-4-5-18-14)12-25-21-16(19-22-25)23-8-10-27-11-9-23/h4-5H,1-3,6-12H2,(H,20,26).